The summed E-state index contributed by atoms with van der Waals surface area (Å²) in [6.07, 6.45) is 1.12. The first-order valence-corrected chi connectivity index (χ1v) is 7.20. The first kappa shape index (κ1) is 15.5. The lowest BCUT2D eigenvalue weighted by Gasteiger charge is -2.15. The highest BCUT2D eigenvalue weighted by Gasteiger charge is 2.25. The zero-order valence-electron chi connectivity index (χ0n) is 12.2. The van der Waals surface area contributed by atoms with Gasteiger partial charge in [0.15, 0.2) is 0 Å². The van der Waals surface area contributed by atoms with E-state index in [9.17, 15) is 14.7 Å². The number of carbonyl (C=O) groups is 2. The molecule has 1 aliphatic rings. The van der Waals surface area contributed by atoms with Crippen molar-refractivity contribution >= 4 is 11.9 Å². The van der Waals surface area contributed by atoms with Gasteiger partial charge in [0.05, 0.1) is 18.4 Å². The summed E-state index contributed by atoms with van der Waals surface area (Å²) in [6, 6.07) is 7.78. The molecule has 1 aromatic carbocycles. The third-order valence-corrected chi connectivity index (χ3v) is 3.74. The molecule has 1 aliphatic heterocycles. The molecule has 0 spiro atoms. The van der Waals surface area contributed by atoms with Gasteiger partial charge in [-0.25, -0.2) is 0 Å². The second-order valence-corrected chi connectivity index (χ2v) is 5.53. The Balaban J connectivity index is 1.90. The monoisotopic (exact) mass is 291 g/mol. The maximum atomic E-state index is 11.9. The van der Waals surface area contributed by atoms with Crippen LogP contribution in [0, 0.1) is 18.8 Å². The standard InChI is InChI=1S/C16H21NO4/c1-11-3-2-4-12(7-11)8-14(16(19)20)9-17-15(18)13-5-6-21-10-13/h2-4,7,13-14H,5-6,8-10H2,1H3,(H,17,18)(H,19,20)/t13-,14+/m1/s1. The van der Waals surface area contributed by atoms with Crippen LogP contribution < -0.4 is 5.32 Å². The SMILES string of the molecule is Cc1cccc(C[C@@H](CNC(=O)[C@@H]2CCOC2)C(=O)O)c1. The van der Waals surface area contributed by atoms with Crippen molar-refractivity contribution in [1.29, 1.82) is 0 Å². The van der Waals surface area contributed by atoms with Crippen LogP contribution in [0.4, 0.5) is 0 Å². The molecule has 5 heteroatoms. The normalized spacial score (nSPS) is 19.2. The van der Waals surface area contributed by atoms with Crippen LogP contribution in [0.1, 0.15) is 17.5 Å². The Labute approximate surface area is 124 Å². The van der Waals surface area contributed by atoms with Gasteiger partial charge in [0.1, 0.15) is 0 Å². The summed E-state index contributed by atoms with van der Waals surface area (Å²) in [5, 5.41) is 12.0. The summed E-state index contributed by atoms with van der Waals surface area (Å²) in [4.78, 5) is 23.2. The lowest BCUT2D eigenvalue weighted by atomic mass is 9.98. The molecule has 0 saturated carbocycles. The van der Waals surface area contributed by atoms with Crippen LogP contribution in [0.2, 0.25) is 0 Å². The van der Waals surface area contributed by atoms with Gasteiger partial charge in [-0.2, -0.15) is 0 Å². The number of hydrogen-bond acceptors (Lipinski definition) is 3. The van der Waals surface area contributed by atoms with Crippen LogP contribution in [0.5, 0.6) is 0 Å². The fourth-order valence-electron chi connectivity index (χ4n) is 2.48. The predicted molar refractivity (Wildman–Crippen MR) is 77.9 cm³/mol. The highest BCUT2D eigenvalue weighted by atomic mass is 16.5. The fraction of sp³-hybridized carbons (Fsp3) is 0.500. The van der Waals surface area contributed by atoms with Crippen molar-refractivity contribution < 1.29 is 19.4 Å². The molecular weight excluding hydrogens is 270 g/mol. The Bertz CT molecular complexity index is 509. The fourth-order valence-corrected chi connectivity index (χ4v) is 2.48. The van der Waals surface area contributed by atoms with E-state index in [-0.39, 0.29) is 18.4 Å². The highest BCUT2D eigenvalue weighted by Crippen LogP contribution is 2.14. The number of benzene rings is 1. The summed E-state index contributed by atoms with van der Waals surface area (Å²) in [5.74, 6) is -1.75. The Hall–Kier alpha value is -1.88. The number of aliphatic carboxylic acids is 1. The summed E-state index contributed by atoms with van der Waals surface area (Å²) >= 11 is 0. The molecule has 1 amide bonds. The second kappa shape index (κ2) is 7.22. The Kier molecular flexibility index (Phi) is 5.33. The summed E-state index contributed by atoms with van der Waals surface area (Å²) in [6.45, 7) is 3.16. The molecule has 1 heterocycles. The van der Waals surface area contributed by atoms with Gasteiger partial charge >= 0.3 is 5.97 Å². The number of rotatable bonds is 6. The summed E-state index contributed by atoms with van der Waals surface area (Å²) in [7, 11) is 0. The molecule has 0 bridgehead atoms. The van der Waals surface area contributed by atoms with E-state index in [0.717, 1.165) is 11.1 Å². The minimum atomic E-state index is -0.889. The topological polar surface area (TPSA) is 75.6 Å². The number of hydrogen-bond donors (Lipinski definition) is 2. The molecule has 0 aliphatic carbocycles. The Morgan fingerprint density at radius 3 is 2.90 bits per heavy atom. The molecular formula is C16H21NO4. The van der Waals surface area contributed by atoms with Gasteiger partial charge in [-0.05, 0) is 25.3 Å². The van der Waals surface area contributed by atoms with E-state index in [0.29, 0.717) is 26.1 Å². The van der Waals surface area contributed by atoms with E-state index < -0.39 is 11.9 Å². The van der Waals surface area contributed by atoms with E-state index in [1.807, 2.05) is 31.2 Å². The van der Waals surface area contributed by atoms with Crippen LogP contribution in [0.15, 0.2) is 24.3 Å². The van der Waals surface area contributed by atoms with Gasteiger partial charge in [0.2, 0.25) is 5.91 Å². The highest BCUT2D eigenvalue weighted by molar-refractivity contribution is 5.80. The maximum absolute atomic E-state index is 11.9. The third kappa shape index (κ3) is 4.56. The van der Waals surface area contributed by atoms with E-state index in [1.165, 1.54) is 0 Å². The molecule has 2 rings (SSSR count). The summed E-state index contributed by atoms with van der Waals surface area (Å²) < 4.78 is 5.16. The van der Waals surface area contributed by atoms with E-state index >= 15 is 0 Å². The maximum Gasteiger partial charge on any atom is 0.308 e. The van der Waals surface area contributed by atoms with E-state index in [4.69, 9.17) is 4.74 Å². The molecule has 0 aromatic heterocycles. The zero-order valence-corrected chi connectivity index (χ0v) is 12.2. The average Bonchev–Trinajstić information content (AvgIpc) is 2.97. The van der Waals surface area contributed by atoms with Crippen LogP contribution >= 0.6 is 0 Å². The predicted octanol–water partition coefficient (Wildman–Crippen LogP) is 1.39. The largest absolute Gasteiger partial charge is 0.481 e. The number of ether oxygens (including phenoxy) is 1. The molecule has 2 N–H and O–H groups in total. The molecule has 1 saturated heterocycles. The first-order valence-electron chi connectivity index (χ1n) is 7.20. The van der Waals surface area contributed by atoms with Gasteiger partial charge < -0.3 is 15.2 Å². The minimum Gasteiger partial charge on any atom is -0.481 e. The molecule has 5 nitrogen and oxygen atoms in total. The smallest absolute Gasteiger partial charge is 0.308 e. The van der Waals surface area contributed by atoms with E-state index in [1.54, 1.807) is 0 Å². The second-order valence-electron chi connectivity index (χ2n) is 5.53. The van der Waals surface area contributed by atoms with Gasteiger partial charge in [-0.1, -0.05) is 29.8 Å². The van der Waals surface area contributed by atoms with Gasteiger partial charge in [0.25, 0.3) is 0 Å². The molecule has 114 valence electrons. The average molecular weight is 291 g/mol. The third-order valence-electron chi connectivity index (χ3n) is 3.74. The van der Waals surface area contributed by atoms with Crippen LogP contribution in [-0.4, -0.2) is 36.7 Å². The Morgan fingerprint density at radius 1 is 1.48 bits per heavy atom. The van der Waals surface area contributed by atoms with Crippen molar-refractivity contribution in [3.8, 4) is 0 Å². The van der Waals surface area contributed by atoms with Crippen molar-refractivity contribution in [3.63, 3.8) is 0 Å². The quantitative estimate of drug-likeness (QED) is 0.830. The van der Waals surface area contributed by atoms with Crippen molar-refractivity contribution in [2.75, 3.05) is 19.8 Å². The lowest BCUT2D eigenvalue weighted by molar-refractivity contribution is -0.141. The number of carboxylic acid groups (broad SMARTS) is 1. The number of nitrogens with one attached hydrogen (secondary N) is 1. The first-order chi connectivity index (χ1) is 10.1. The molecule has 21 heavy (non-hydrogen) atoms. The van der Waals surface area contributed by atoms with Crippen molar-refractivity contribution in [2.45, 2.75) is 19.8 Å². The van der Waals surface area contributed by atoms with Gasteiger partial charge in [-0.3, -0.25) is 9.59 Å². The van der Waals surface area contributed by atoms with Gasteiger partial charge in [0, 0.05) is 13.2 Å². The number of carboxylic acids is 1. The van der Waals surface area contributed by atoms with E-state index in [2.05, 4.69) is 5.32 Å². The molecule has 1 fully saturated rings. The Morgan fingerprint density at radius 2 is 2.29 bits per heavy atom. The zero-order chi connectivity index (χ0) is 15.2. The molecule has 2 atom stereocenters. The summed E-state index contributed by atoms with van der Waals surface area (Å²) in [5.41, 5.74) is 2.07. The molecule has 0 unspecified atom stereocenters. The number of amides is 1. The number of aryl methyl sites for hydroxylation is 1. The lowest BCUT2D eigenvalue weighted by Crippen LogP contribution is -2.37. The van der Waals surface area contributed by atoms with Crippen molar-refractivity contribution in [2.24, 2.45) is 11.8 Å². The number of carbonyl (C=O) groups excluding carboxylic acids is 1. The molecule has 0 radical (unpaired) electrons. The van der Waals surface area contributed by atoms with Gasteiger partial charge in [-0.15, -0.1) is 0 Å². The van der Waals surface area contributed by atoms with Crippen LogP contribution in [-0.2, 0) is 20.7 Å². The molecule has 1 aromatic rings. The van der Waals surface area contributed by atoms with Crippen molar-refractivity contribution in [3.05, 3.63) is 35.4 Å². The van der Waals surface area contributed by atoms with Crippen molar-refractivity contribution in [1.82, 2.24) is 5.32 Å². The minimum absolute atomic E-state index is 0.108. The van der Waals surface area contributed by atoms with Crippen LogP contribution in [0.25, 0.3) is 0 Å². The van der Waals surface area contributed by atoms with Crippen LogP contribution in [0.3, 0.4) is 0 Å².